The van der Waals surface area contributed by atoms with Gasteiger partial charge in [0.25, 0.3) is 0 Å². The second-order valence-corrected chi connectivity index (χ2v) is 9.65. The zero-order valence-electron chi connectivity index (χ0n) is 13.3. The number of carbonyl (C=O) groups is 1. The molecule has 1 unspecified atom stereocenters. The summed E-state index contributed by atoms with van der Waals surface area (Å²) in [6.07, 6.45) is 1.54. The topological polar surface area (TPSA) is 121 Å². The molecule has 0 aliphatic heterocycles. The van der Waals surface area contributed by atoms with E-state index in [0.29, 0.717) is 0 Å². The first-order chi connectivity index (χ1) is 11.0. The van der Waals surface area contributed by atoms with Crippen molar-refractivity contribution < 1.29 is 26.7 Å². The van der Waals surface area contributed by atoms with Crippen molar-refractivity contribution in [2.24, 2.45) is 5.92 Å². The molecule has 10 heteroatoms. The summed E-state index contributed by atoms with van der Waals surface area (Å²) < 4.78 is 52.8. The van der Waals surface area contributed by atoms with E-state index in [-0.39, 0.29) is 22.4 Å². The van der Waals surface area contributed by atoms with Crippen LogP contribution in [0.3, 0.4) is 0 Å². The number of aliphatic carboxylic acids is 1. The summed E-state index contributed by atoms with van der Waals surface area (Å²) in [6.45, 7) is 1.18. The van der Waals surface area contributed by atoms with Gasteiger partial charge in [0.1, 0.15) is 0 Å². The van der Waals surface area contributed by atoms with Crippen LogP contribution in [0, 0.1) is 5.92 Å². The maximum atomic E-state index is 12.5. The Kier molecular flexibility index (Phi) is 5.33. The molecule has 1 aromatic rings. The first-order valence-corrected chi connectivity index (χ1v) is 10.3. The molecule has 1 atom stereocenters. The van der Waals surface area contributed by atoms with Crippen molar-refractivity contribution in [3.05, 3.63) is 24.3 Å². The Morgan fingerprint density at radius 2 is 1.88 bits per heavy atom. The summed E-state index contributed by atoms with van der Waals surface area (Å²) in [7, 11) is -6.49. The van der Waals surface area contributed by atoms with Crippen molar-refractivity contribution in [3.8, 4) is 0 Å². The number of carboxylic acid groups (broad SMARTS) is 1. The van der Waals surface area contributed by atoms with E-state index >= 15 is 0 Å². The van der Waals surface area contributed by atoms with Gasteiger partial charge in [-0.3, -0.25) is 4.79 Å². The van der Waals surface area contributed by atoms with Gasteiger partial charge in [-0.2, -0.15) is 0 Å². The first kappa shape index (κ1) is 18.8. The predicted octanol–water partition coefficient (Wildman–Crippen LogP) is 0.469. The molecule has 1 aliphatic carbocycles. The maximum Gasteiger partial charge on any atom is 0.307 e. The highest BCUT2D eigenvalue weighted by molar-refractivity contribution is 7.90. The molecular formula is C14H20N2O6S2. The number of sulfonamides is 2. The Morgan fingerprint density at radius 1 is 1.29 bits per heavy atom. The van der Waals surface area contributed by atoms with Crippen LogP contribution in [-0.2, 0) is 24.8 Å². The summed E-state index contributed by atoms with van der Waals surface area (Å²) in [5.74, 6) is -1.99. The van der Waals surface area contributed by atoms with E-state index in [1.807, 2.05) is 0 Å². The molecule has 0 bridgehead atoms. The van der Waals surface area contributed by atoms with Gasteiger partial charge in [0, 0.05) is 19.6 Å². The average Bonchev–Trinajstić information content (AvgIpc) is 3.30. The lowest BCUT2D eigenvalue weighted by molar-refractivity contribution is -0.141. The second kappa shape index (κ2) is 6.79. The molecule has 1 saturated carbocycles. The Labute approximate surface area is 141 Å². The van der Waals surface area contributed by atoms with Crippen LogP contribution < -0.4 is 4.72 Å². The van der Waals surface area contributed by atoms with Crippen molar-refractivity contribution in [2.75, 3.05) is 13.6 Å². The third-order valence-corrected chi connectivity index (χ3v) is 7.01. The third kappa shape index (κ3) is 4.32. The van der Waals surface area contributed by atoms with Gasteiger partial charge in [-0.05, 0) is 31.0 Å². The fourth-order valence-corrected chi connectivity index (χ4v) is 4.76. The highest BCUT2D eigenvalue weighted by Crippen LogP contribution is 2.24. The van der Waals surface area contributed by atoms with Crippen LogP contribution in [-0.4, -0.2) is 51.9 Å². The Hall–Kier alpha value is -1.49. The van der Waals surface area contributed by atoms with Gasteiger partial charge in [0.15, 0.2) is 0 Å². The number of carboxylic acids is 1. The fourth-order valence-electron chi connectivity index (χ4n) is 2.03. The van der Waals surface area contributed by atoms with E-state index in [0.717, 1.165) is 23.2 Å². The fraction of sp³-hybridized carbons (Fsp3) is 0.500. The standard InChI is InChI=1S/C14H20N2O6S2/c1-10(14(17)18)9-16(2)24(21,22)13-5-3-4-12(8-13)23(19,20)15-11-6-7-11/h3-5,8,10-11,15H,6-7,9H2,1-2H3,(H,17,18). The minimum absolute atomic E-state index is 0.0886. The van der Waals surface area contributed by atoms with Crippen molar-refractivity contribution in [1.29, 1.82) is 0 Å². The maximum absolute atomic E-state index is 12.5. The van der Waals surface area contributed by atoms with Crippen LogP contribution in [0.4, 0.5) is 0 Å². The number of nitrogens with one attached hydrogen (secondary N) is 1. The van der Waals surface area contributed by atoms with Gasteiger partial charge in [0.05, 0.1) is 15.7 Å². The first-order valence-electron chi connectivity index (χ1n) is 7.35. The number of benzene rings is 1. The van der Waals surface area contributed by atoms with E-state index in [4.69, 9.17) is 5.11 Å². The number of hydrogen-bond acceptors (Lipinski definition) is 5. The smallest absolute Gasteiger partial charge is 0.307 e. The quantitative estimate of drug-likeness (QED) is 0.680. The average molecular weight is 376 g/mol. The Bertz CT molecular complexity index is 831. The Morgan fingerprint density at radius 3 is 2.42 bits per heavy atom. The van der Waals surface area contributed by atoms with Crippen LogP contribution in [0.15, 0.2) is 34.1 Å². The molecule has 2 N–H and O–H groups in total. The van der Waals surface area contributed by atoms with Crippen molar-refractivity contribution in [3.63, 3.8) is 0 Å². The van der Waals surface area contributed by atoms with E-state index in [1.54, 1.807) is 0 Å². The highest BCUT2D eigenvalue weighted by Gasteiger charge is 2.30. The minimum Gasteiger partial charge on any atom is -0.481 e. The lowest BCUT2D eigenvalue weighted by Gasteiger charge is -2.19. The van der Waals surface area contributed by atoms with Gasteiger partial charge in [-0.25, -0.2) is 25.9 Å². The van der Waals surface area contributed by atoms with Gasteiger partial charge in [-0.1, -0.05) is 13.0 Å². The van der Waals surface area contributed by atoms with Crippen molar-refractivity contribution in [2.45, 2.75) is 35.6 Å². The van der Waals surface area contributed by atoms with Gasteiger partial charge < -0.3 is 5.11 Å². The molecule has 0 radical (unpaired) electrons. The van der Waals surface area contributed by atoms with Crippen molar-refractivity contribution >= 4 is 26.0 Å². The van der Waals surface area contributed by atoms with Crippen molar-refractivity contribution in [1.82, 2.24) is 9.03 Å². The van der Waals surface area contributed by atoms with Gasteiger partial charge >= 0.3 is 5.97 Å². The molecule has 0 aromatic heterocycles. The second-order valence-electron chi connectivity index (χ2n) is 5.90. The van der Waals surface area contributed by atoms with E-state index < -0.39 is 31.9 Å². The lowest BCUT2D eigenvalue weighted by atomic mass is 10.2. The summed E-state index contributed by atoms with van der Waals surface area (Å²) >= 11 is 0. The van der Waals surface area contributed by atoms with E-state index in [9.17, 15) is 21.6 Å². The van der Waals surface area contributed by atoms with Crippen LogP contribution in [0.25, 0.3) is 0 Å². The number of hydrogen-bond donors (Lipinski definition) is 2. The van der Waals surface area contributed by atoms with Gasteiger partial charge in [-0.15, -0.1) is 0 Å². The molecule has 24 heavy (non-hydrogen) atoms. The summed E-state index contributed by atoms with van der Waals surface area (Å²) in [5, 5.41) is 8.90. The molecule has 1 aliphatic rings. The molecule has 2 rings (SSSR count). The zero-order chi connectivity index (χ0) is 18.1. The SMILES string of the molecule is CC(CN(C)S(=O)(=O)c1cccc(S(=O)(=O)NC2CC2)c1)C(=O)O. The zero-order valence-corrected chi connectivity index (χ0v) is 15.0. The highest BCUT2D eigenvalue weighted by atomic mass is 32.2. The summed E-state index contributed by atoms with van der Waals surface area (Å²) in [6, 6.07) is 4.95. The molecule has 134 valence electrons. The summed E-state index contributed by atoms with van der Waals surface area (Å²) in [5.41, 5.74) is 0. The Balaban J connectivity index is 2.27. The summed E-state index contributed by atoms with van der Waals surface area (Å²) in [4.78, 5) is 10.6. The molecule has 1 aromatic carbocycles. The van der Waals surface area contributed by atoms with Crippen LogP contribution in [0.5, 0.6) is 0 Å². The molecule has 1 fully saturated rings. The van der Waals surface area contributed by atoms with Gasteiger partial charge in [0.2, 0.25) is 20.0 Å². The molecule has 0 saturated heterocycles. The minimum atomic E-state index is -3.99. The lowest BCUT2D eigenvalue weighted by Crippen LogP contribution is -2.34. The van der Waals surface area contributed by atoms with Crippen LogP contribution in [0.2, 0.25) is 0 Å². The monoisotopic (exact) mass is 376 g/mol. The van der Waals surface area contributed by atoms with Crippen LogP contribution >= 0.6 is 0 Å². The predicted molar refractivity (Wildman–Crippen MR) is 86.4 cm³/mol. The number of nitrogens with zero attached hydrogens (tertiary/aromatic N) is 1. The largest absolute Gasteiger partial charge is 0.481 e. The molecule has 0 amide bonds. The van der Waals surface area contributed by atoms with E-state index in [1.165, 1.54) is 32.2 Å². The molecule has 0 spiro atoms. The number of rotatable bonds is 8. The van der Waals surface area contributed by atoms with E-state index in [2.05, 4.69) is 4.72 Å². The molecular weight excluding hydrogens is 356 g/mol. The third-order valence-electron chi connectivity index (χ3n) is 3.68. The molecule has 8 nitrogen and oxygen atoms in total. The molecule has 0 heterocycles. The van der Waals surface area contributed by atoms with Crippen LogP contribution in [0.1, 0.15) is 19.8 Å². The normalized spacial score (nSPS) is 17.0.